The number of nitrogens with zero attached hydrogens (tertiary/aromatic N) is 5. The Balaban J connectivity index is 1.46. The van der Waals surface area contributed by atoms with Crippen LogP contribution in [0.25, 0.3) is 16.6 Å². The van der Waals surface area contributed by atoms with Gasteiger partial charge in [-0.1, -0.05) is 18.2 Å². The van der Waals surface area contributed by atoms with E-state index >= 15 is 8.78 Å². The lowest BCUT2D eigenvalue weighted by Crippen LogP contribution is -2.50. The number of hydrogen-bond donors (Lipinski definition) is 2. The second-order valence-corrected chi connectivity index (χ2v) is 10.1. The number of carboxylic acid groups (broad SMARTS) is 1. The number of nitrogens with one attached hydrogen (secondary N) is 1. The molecule has 2 aliphatic rings. The molecular formula is C26H26F2N6O2. The molecule has 8 nitrogen and oxygen atoms in total. The second kappa shape index (κ2) is 7.84. The number of carbonyl (C=O) groups is 1. The fraction of sp³-hybridized carbons (Fsp3) is 0.385. The van der Waals surface area contributed by atoms with Gasteiger partial charge in [0.15, 0.2) is 5.65 Å². The number of piperidine rings is 1. The number of anilines is 2. The molecule has 2 N–H and O–H groups in total. The summed E-state index contributed by atoms with van der Waals surface area (Å²) in [6.07, 6.45) is 3.09. The van der Waals surface area contributed by atoms with Gasteiger partial charge in [0.2, 0.25) is 5.95 Å². The molecule has 2 aromatic carbocycles. The van der Waals surface area contributed by atoms with E-state index in [-0.39, 0.29) is 18.2 Å². The largest absolute Gasteiger partial charge is 0.478 e. The van der Waals surface area contributed by atoms with Crippen molar-refractivity contribution in [3.63, 3.8) is 0 Å². The van der Waals surface area contributed by atoms with E-state index in [2.05, 4.69) is 15.5 Å². The molecule has 10 heteroatoms. The predicted octanol–water partition coefficient (Wildman–Crippen LogP) is 5.08. The molecular weight excluding hydrogens is 466 g/mol. The molecule has 0 bridgehead atoms. The first kappa shape index (κ1) is 22.6. The quantitative estimate of drug-likeness (QED) is 0.401. The summed E-state index contributed by atoms with van der Waals surface area (Å²) in [6.45, 7) is 3.98. The summed E-state index contributed by atoms with van der Waals surface area (Å²) in [4.78, 5) is 18.3. The van der Waals surface area contributed by atoms with Crippen molar-refractivity contribution in [2.24, 2.45) is 5.41 Å². The van der Waals surface area contributed by atoms with Crippen molar-refractivity contribution >= 4 is 34.2 Å². The monoisotopic (exact) mass is 492 g/mol. The highest BCUT2D eigenvalue weighted by Gasteiger charge is 2.64. The Bertz CT molecular complexity index is 1510. The lowest BCUT2D eigenvalue weighted by Gasteiger charge is -2.39. The van der Waals surface area contributed by atoms with Crippen molar-refractivity contribution in [3.05, 3.63) is 59.4 Å². The number of rotatable bonds is 5. The summed E-state index contributed by atoms with van der Waals surface area (Å²) in [6, 6.07) is 10.3. The third kappa shape index (κ3) is 3.46. The molecule has 1 saturated heterocycles. The SMILES string of the molecule is Cc1cc([C@@H](C)Nc2ccccc2C(=O)O)c2nc(N3CCC4(CC4)C(F)(F)C3)n3cnnc3c2c1. The van der Waals surface area contributed by atoms with Crippen molar-refractivity contribution < 1.29 is 18.7 Å². The van der Waals surface area contributed by atoms with Gasteiger partial charge in [-0.3, -0.25) is 4.40 Å². The Morgan fingerprint density at radius 1 is 1.19 bits per heavy atom. The van der Waals surface area contributed by atoms with Gasteiger partial charge in [-0.15, -0.1) is 10.2 Å². The van der Waals surface area contributed by atoms with Crippen LogP contribution in [0.15, 0.2) is 42.7 Å². The molecule has 0 radical (unpaired) electrons. The number of carboxylic acids is 1. The lowest BCUT2D eigenvalue weighted by molar-refractivity contribution is -0.0797. The van der Waals surface area contributed by atoms with Gasteiger partial charge in [0.25, 0.3) is 5.92 Å². The van der Waals surface area contributed by atoms with Gasteiger partial charge in [0.05, 0.1) is 23.7 Å². The standard InChI is InChI=1S/C26H26F2N6O2/c1-15-11-18(16(2)30-20-6-4-3-5-17(20)23(35)36)21-19(12-15)22-32-29-14-34(22)24(31-21)33-10-9-25(7-8-25)26(27,28)13-33/h3-6,11-12,14,16,30H,7-10,13H2,1-2H3,(H,35,36)/t16-/m1/s1. The smallest absolute Gasteiger partial charge is 0.337 e. The van der Waals surface area contributed by atoms with Gasteiger partial charge in [-0.05, 0) is 56.9 Å². The number of aromatic nitrogens is 4. The van der Waals surface area contributed by atoms with Crippen LogP contribution in [0.2, 0.25) is 0 Å². The van der Waals surface area contributed by atoms with Crippen LogP contribution in [0.1, 0.15) is 53.7 Å². The first-order chi connectivity index (χ1) is 17.2. The molecule has 0 amide bonds. The third-order valence-electron chi connectivity index (χ3n) is 7.66. The van der Waals surface area contributed by atoms with Gasteiger partial charge in [-0.2, -0.15) is 0 Å². The molecule has 1 spiro atoms. The van der Waals surface area contributed by atoms with E-state index in [1.54, 1.807) is 33.6 Å². The number of aromatic carboxylic acids is 1. The number of benzene rings is 2. The van der Waals surface area contributed by atoms with Crippen molar-refractivity contribution in [2.45, 2.75) is 45.1 Å². The second-order valence-electron chi connectivity index (χ2n) is 10.1. The highest BCUT2D eigenvalue weighted by atomic mass is 19.3. The number of aryl methyl sites for hydroxylation is 1. The number of halogens is 2. The van der Waals surface area contributed by atoms with Crippen molar-refractivity contribution in [1.82, 2.24) is 19.6 Å². The fourth-order valence-electron chi connectivity index (χ4n) is 5.44. The minimum absolute atomic E-state index is 0.166. The first-order valence-electron chi connectivity index (χ1n) is 12.0. The maximum Gasteiger partial charge on any atom is 0.337 e. The fourth-order valence-corrected chi connectivity index (χ4v) is 5.44. The average Bonchev–Trinajstić information content (AvgIpc) is 3.47. The number of para-hydroxylation sites is 1. The Morgan fingerprint density at radius 2 is 1.97 bits per heavy atom. The maximum atomic E-state index is 15.1. The zero-order valence-electron chi connectivity index (χ0n) is 20.0. The predicted molar refractivity (Wildman–Crippen MR) is 132 cm³/mol. The zero-order valence-corrected chi connectivity index (χ0v) is 20.0. The average molecular weight is 493 g/mol. The van der Waals surface area contributed by atoms with Crippen LogP contribution in [-0.4, -0.2) is 49.7 Å². The van der Waals surface area contributed by atoms with Crippen LogP contribution in [-0.2, 0) is 0 Å². The molecule has 0 unspecified atom stereocenters. The number of hydrogen-bond acceptors (Lipinski definition) is 6. The highest BCUT2D eigenvalue weighted by Crippen LogP contribution is 2.61. The maximum absolute atomic E-state index is 15.1. The van der Waals surface area contributed by atoms with Gasteiger partial charge in [-0.25, -0.2) is 18.6 Å². The first-order valence-corrected chi connectivity index (χ1v) is 12.0. The molecule has 2 fully saturated rings. The van der Waals surface area contributed by atoms with E-state index in [4.69, 9.17) is 4.98 Å². The van der Waals surface area contributed by atoms with Crippen molar-refractivity contribution in [2.75, 3.05) is 23.3 Å². The molecule has 1 atom stereocenters. The Labute approximate surface area is 206 Å². The summed E-state index contributed by atoms with van der Waals surface area (Å²) < 4.78 is 31.8. The number of fused-ring (bicyclic) bond motifs is 3. The molecule has 186 valence electrons. The lowest BCUT2D eigenvalue weighted by atomic mass is 9.89. The van der Waals surface area contributed by atoms with Crippen LogP contribution >= 0.6 is 0 Å². The Hall–Kier alpha value is -3.82. The van der Waals surface area contributed by atoms with E-state index in [0.717, 1.165) is 16.5 Å². The van der Waals surface area contributed by atoms with E-state index in [9.17, 15) is 9.90 Å². The molecule has 2 aromatic heterocycles. The molecule has 1 aliphatic carbocycles. The summed E-state index contributed by atoms with van der Waals surface area (Å²) >= 11 is 0. The molecule has 6 rings (SSSR count). The molecule has 1 saturated carbocycles. The van der Waals surface area contributed by atoms with E-state index in [0.29, 0.717) is 48.6 Å². The van der Waals surface area contributed by atoms with Crippen LogP contribution in [0.3, 0.4) is 0 Å². The molecule has 36 heavy (non-hydrogen) atoms. The van der Waals surface area contributed by atoms with Crippen molar-refractivity contribution in [3.8, 4) is 0 Å². The summed E-state index contributed by atoms with van der Waals surface area (Å²) in [5.41, 5.74) is 2.76. The van der Waals surface area contributed by atoms with Gasteiger partial charge in [0, 0.05) is 28.6 Å². The molecule has 3 heterocycles. The topological polar surface area (TPSA) is 95.6 Å². The zero-order chi connectivity index (χ0) is 25.2. The highest BCUT2D eigenvalue weighted by molar-refractivity contribution is 5.96. The van der Waals surface area contributed by atoms with Gasteiger partial charge in [0.1, 0.15) is 6.33 Å². The summed E-state index contributed by atoms with van der Waals surface area (Å²) in [5.74, 6) is -3.42. The normalized spacial score (nSPS) is 19.1. The van der Waals surface area contributed by atoms with Crippen LogP contribution < -0.4 is 10.2 Å². The number of alkyl halides is 2. The summed E-state index contributed by atoms with van der Waals surface area (Å²) in [7, 11) is 0. The minimum atomic E-state index is -2.78. The summed E-state index contributed by atoms with van der Waals surface area (Å²) in [5, 5.41) is 22.0. The Morgan fingerprint density at radius 3 is 2.69 bits per heavy atom. The Kier molecular flexibility index (Phi) is 4.93. The van der Waals surface area contributed by atoms with E-state index in [1.165, 1.54) is 6.33 Å². The van der Waals surface area contributed by atoms with Crippen LogP contribution in [0, 0.1) is 12.3 Å². The van der Waals surface area contributed by atoms with Crippen LogP contribution in [0.5, 0.6) is 0 Å². The molecule has 1 aliphatic heterocycles. The van der Waals surface area contributed by atoms with Gasteiger partial charge >= 0.3 is 5.97 Å². The van der Waals surface area contributed by atoms with E-state index in [1.807, 2.05) is 26.0 Å². The third-order valence-corrected chi connectivity index (χ3v) is 7.66. The van der Waals surface area contributed by atoms with Crippen LogP contribution in [0.4, 0.5) is 20.4 Å². The molecule has 4 aromatic rings. The minimum Gasteiger partial charge on any atom is -0.478 e. The van der Waals surface area contributed by atoms with Gasteiger partial charge < -0.3 is 15.3 Å². The van der Waals surface area contributed by atoms with E-state index < -0.39 is 17.3 Å². The van der Waals surface area contributed by atoms with Crippen molar-refractivity contribution in [1.29, 1.82) is 0 Å².